The molecule has 0 saturated heterocycles. The second-order valence-electron chi connectivity index (χ2n) is 12.0. The van der Waals surface area contributed by atoms with Gasteiger partial charge < -0.3 is 9.47 Å². The normalized spacial score (nSPS) is 16.9. The Hall–Kier alpha value is -1.90. The zero-order valence-corrected chi connectivity index (χ0v) is 23.6. The monoisotopic (exact) mass is 614 g/mol. The minimum atomic E-state index is -5.93. The van der Waals surface area contributed by atoms with Crippen molar-refractivity contribution in [3.05, 3.63) is 0 Å². The largest absolute Gasteiger partial charge is 0.458 e. The smallest absolute Gasteiger partial charge is 0.406 e. The molecule has 0 saturated carbocycles. The number of carbonyl (C=O) groups excluding carboxylic acids is 2. The highest BCUT2D eigenvalue weighted by molar-refractivity contribution is 5.81. The molecular formula is C24H34F12O4. The third kappa shape index (κ3) is 6.44. The molecule has 1 unspecified atom stereocenters. The first kappa shape index (κ1) is 38.1. The number of halogens is 12. The molecule has 0 spiro atoms. The van der Waals surface area contributed by atoms with Gasteiger partial charge in [-0.25, -0.2) is 0 Å². The quantitative estimate of drug-likeness (QED) is 0.193. The standard InChI is InChI=1S/C24H34F12O4/c1-11-18(8,14(38)40-17(6,7)20(10,23(31,32)33)24(34,35)36)12-15(2,3)13(37)39-16(4,5)19(9,21(25,26)27)22(28,29)30/h11-12H2,1-10H3. The predicted octanol–water partition coefficient (Wildman–Crippen LogP) is 8.72. The Kier molecular flexibility index (Phi) is 9.93. The van der Waals surface area contributed by atoms with Crippen LogP contribution in [0.2, 0.25) is 0 Å². The van der Waals surface area contributed by atoms with Crippen molar-refractivity contribution in [1.82, 2.24) is 0 Å². The van der Waals surface area contributed by atoms with E-state index in [9.17, 15) is 62.3 Å². The van der Waals surface area contributed by atoms with Crippen LogP contribution in [0.25, 0.3) is 0 Å². The number of rotatable bonds is 9. The molecule has 40 heavy (non-hydrogen) atoms. The van der Waals surface area contributed by atoms with E-state index in [1.165, 1.54) is 6.92 Å². The van der Waals surface area contributed by atoms with Gasteiger partial charge in [-0.2, -0.15) is 52.7 Å². The van der Waals surface area contributed by atoms with E-state index < -0.39 is 75.9 Å². The number of hydrogen-bond donors (Lipinski definition) is 0. The molecule has 0 amide bonds. The third-order valence-electron chi connectivity index (χ3n) is 8.03. The zero-order valence-electron chi connectivity index (χ0n) is 23.6. The number of ether oxygens (including phenoxy) is 2. The van der Waals surface area contributed by atoms with Crippen molar-refractivity contribution in [2.24, 2.45) is 21.7 Å². The molecule has 1 atom stereocenters. The molecule has 0 fully saturated rings. The first-order valence-electron chi connectivity index (χ1n) is 11.8. The van der Waals surface area contributed by atoms with Gasteiger partial charge in [0.05, 0.1) is 10.8 Å². The van der Waals surface area contributed by atoms with Crippen LogP contribution in [-0.4, -0.2) is 47.8 Å². The summed E-state index contributed by atoms with van der Waals surface area (Å²) in [5.41, 5.74) is -19.7. The lowest BCUT2D eigenvalue weighted by molar-refractivity contribution is -0.378. The lowest BCUT2D eigenvalue weighted by Gasteiger charge is -2.47. The summed E-state index contributed by atoms with van der Waals surface area (Å²) in [5, 5.41) is 0. The van der Waals surface area contributed by atoms with Crippen LogP contribution in [0, 0.1) is 21.7 Å². The van der Waals surface area contributed by atoms with E-state index >= 15 is 0 Å². The van der Waals surface area contributed by atoms with Gasteiger partial charge in [-0.1, -0.05) is 6.92 Å². The molecule has 0 aromatic carbocycles. The van der Waals surface area contributed by atoms with Gasteiger partial charge >= 0.3 is 36.6 Å². The fraction of sp³-hybridized carbons (Fsp3) is 0.917. The zero-order chi connectivity index (χ0) is 33.0. The number of esters is 2. The minimum absolute atomic E-state index is 0.203. The topological polar surface area (TPSA) is 52.6 Å². The molecular weight excluding hydrogens is 580 g/mol. The Bertz CT molecular complexity index is 911. The summed E-state index contributed by atoms with van der Waals surface area (Å²) in [6, 6.07) is 0. The summed E-state index contributed by atoms with van der Waals surface area (Å²) in [5.74, 6) is -3.25. The maximum absolute atomic E-state index is 13.6. The summed E-state index contributed by atoms with van der Waals surface area (Å²) in [7, 11) is 0. The van der Waals surface area contributed by atoms with E-state index in [0.29, 0.717) is 27.7 Å². The van der Waals surface area contributed by atoms with Crippen molar-refractivity contribution in [3.63, 3.8) is 0 Å². The molecule has 0 aliphatic heterocycles. The summed E-state index contributed by atoms with van der Waals surface area (Å²) in [4.78, 5) is 25.9. The molecule has 0 rings (SSSR count). The van der Waals surface area contributed by atoms with Crippen molar-refractivity contribution < 1.29 is 71.7 Å². The maximum atomic E-state index is 13.6. The van der Waals surface area contributed by atoms with E-state index in [2.05, 4.69) is 0 Å². The molecule has 0 bridgehead atoms. The minimum Gasteiger partial charge on any atom is -0.458 e. The van der Waals surface area contributed by atoms with Gasteiger partial charge in [0.2, 0.25) is 0 Å². The van der Waals surface area contributed by atoms with Crippen LogP contribution in [0.5, 0.6) is 0 Å². The Balaban J connectivity index is 6.39. The molecule has 0 radical (unpaired) electrons. The summed E-state index contributed by atoms with van der Waals surface area (Å²) >= 11 is 0. The third-order valence-corrected chi connectivity index (χ3v) is 8.03. The van der Waals surface area contributed by atoms with E-state index in [4.69, 9.17) is 9.47 Å². The molecule has 0 aromatic rings. The average molecular weight is 615 g/mol. The molecule has 0 aliphatic carbocycles. The summed E-state index contributed by atoms with van der Waals surface area (Å²) in [6.45, 7) is 5.36. The predicted molar refractivity (Wildman–Crippen MR) is 118 cm³/mol. The van der Waals surface area contributed by atoms with Crippen LogP contribution >= 0.6 is 0 Å². The molecule has 238 valence electrons. The number of hydrogen-bond acceptors (Lipinski definition) is 4. The van der Waals surface area contributed by atoms with Gasteiger partial charge in [-0.15, -0.1) is 0 Å². The molecule has 16 heteroatoms. The van der Waals surface area contributed by atoms with Crippen LogP contribution in [0.4, 0.5) is 52.7 Å². The Labute approximate surface area is 224 Å². The van der Waals surface area contributed by atoms with E-state index in [0.717, 1.165) is 20.8 Å². The summed E-state index contributed by atoms with van der Waals surface area (Å²) in [6.07, 6.45) is -24.9. The second-order valence-corrected chi connectivity index (χ2v) is 12.0. The van der Waals surface area contributed by atoms with Gasteiger partial charge in [0.15, 0.2) is 10.8 Å². The lowest BCUT2D eigenvalue weighted by Crippen LogP contribution is -2.63. The first-order chi connectivity index (χ1) is 17.0. The Morgan fingerprint density at radius 2 is 0.750 bits per heavy atom. The van der Waals surface area contributed by atoms with Crippen molar-refractivity contribution in [1.29, 1.82) is 0 Å². The van der Waals surface area contributed by atoms with Gasteiger partial charge in [0, 0.05) is 0 Å². The van der Waals surface area contributed by atoms with Crippen LogP contribution < -0.4 is 0 Å². The first-order valence-corrected chi connectivity index (χ1v) is 11.8. The highest BCUT2D eigenvalue weighted by atomic mass is 19.4. The van der Waals surface area contributed by atoms with E-state index in [1.807, 2.05) is 0 Å². The Morgan fingerprint density at radius 3 is 0.975 bits per heavy atom. The average Bonchev–Trinajstić information content (AvgIpc) is 2.67. The van der Waals surface area contributed by atoms with E-state index in [1.54, 1.807) is 0 Å². The van der Waals surface area contributed by atoms with Gasteiger partial charge in [-0.05, 0) is 75.2 Å². The van der Waals surface area contributed by atoms with Crippen LogP contribution in [0.3, 0.4) is 0 Å². The maximum Gasteiger partial charge on any atom is 0.406 e. The van der Waals surface area contributed by atoms with Crippen LogP contribution in [0.15, 0.2) is 0 Å². The Morgan fingerprint density at radius 1 is 0.500 bits per heavy atom. The fourth-order valence-corrected chi connectivity index (χ4v) is 4.00. The molecule has 0 aliphatic rings. The molecule has 0 aromatic heterocycles. The molecule has 4 nitrogen and oxygen atoms in total. The SMILES string of the molecule is CCC(C)(CC(C)(C)C(=O)OC(C)(C)C(C)(C(F)(F)F)C(F)(F)F)C(=O)OC(C)(C)C(C)(C(F)(F)F)C(F)(F)F. The van der Waals surface area contributed by atoms with Crippen molar-refractivity contribution >= 4 is 11.9 Å². The van der Waals surface area contributed by atoms with Crippen molar-refractivity contribution in [3.8, 4) is 0 Å². The van der Waals surface area contributed by atoms with Gasteiger partial charge in [0.25, 0.3) is 0 Å². The highest BCUT2D eigenvalue weighted by Gasteiger charge is 2.77. The van der Waals surface area contributed by atoms with Crippen LogP contribution in [-0.2, 0) is 19.1 Å². The van der Waals surface area contributed by atoms with Crippen LogP contribution in [0.1, 0.15) is 82.1 Å². The highest BCUT2D eigenvalue weighted by Crippen LogP contribution is 2.59. The molecule has 0 heterocycles. The van der Waals surface area contributed by atoms with Crippen molar-refractivity contribution in [2.75, 3.05) is 0 Å². The van der Waals surface area contributed by atoms with Crippen molar-refractivity contribution in [2.45, 2.75) is 118 Å². The number of carbonyl (C=O) groups is 2. The van der Waals surface area contributed by atoms with Gasteiger partial charge in [-0.3, -0.25) is 9.59 Å². The number of alkyl halides is 12. The van der Waals surface area contributed by atoms with Gasteiger partial charge in [0.1, 0.15) is 11.2 Å². The summed E-state index contributed by atoms with van der Waals surface area (Å²) < 4.78 is 172. The fourth-order valence-electron chi connectivity index (χ4n) is 4.00. The second kappa shape index (κ2) is 10.4. The van der Waals surface area contributed by atoms with E-state index in [-0.39, 0.29) is 20.3 Å². The lowest BCUT2D eigenvalue weighted by atomic mass is 9.70. The molecule has 0 N–H and O–H groups in total.